The number of urea groups is 1. The molecule has 0 bridgehead atoms. The molecule has 0 radical (unpaired) electrons. The molecule has 1 aromatic rings. The summed E-state index contributed by atoms with van der Waals surface area (Å²) in [6.07, 6.45) is 8.68. The van der Waals surface area contributed by atoms with Crippen LogP contribution in [-0.2, 0) is 9.53 Å². The molecule has 11 heteroatoms. The van der Waals surface area contributed by atoms with E-state index in [-0.39, 0.29) is 48.6 Å². The van der Waals surface area contributed by atoms with Gasteiger partial charge >= 0.3 is 6.03 Å². The van der Waals surface area contributed by atoms with Gasteiger partial charge in [0.15, 0.2) is 0 Å². The molecular formula is C35H59N5O6. The van der Waals surface area contributed by atoms with Crippen molar-refractivity contribution in [2.45, 2.75) is 109 Å². The monoisotopic (exact) mass is 645 g/mol. The van der Waals surface area contributed by atoms with E-state index in [0.717, 1.165) is 57.9 Å². The summed E-state index contributed by atoms with van der Waals surface area (Å²) in [5.41, 5.74) is 0.861. The minimum Gasteiger partial charge on any atom is -0.490 e. The number of nitrogens with one attached hydrogen (secondary N) is 2. The molecule has 1 aromatic carbocycles. The second kappa shape index (κ2) is 19.1. The summed E-state index contributed by atoms with van der Waals surface area (Å²) in [6, 6.07) is 4.83. The molecule has 1 fully saturated rings. The van der Waals surface area contributed by atoms with Gasteiger partial charge in [-0.15, -0.1) is 0 Å². The van der Waals surface area contributed by atoms with Crippen LogP contribution < -0.4 is 15.4 Å². The number of aliphatic hydroxyl groups excluding tert-OH is 1. The highest BCUT2D eigenvalue weighted by molar-refractivity contribution is 5.99. The fourth-order valence-electron chi connectivity index (χ4n) is 6.13. The van der Waals surface area contributed by atoms with E-state index >= 15 is 0 Å². The molecule has 0 aromatic heterocycles. The highest BCUT2D eigenvalue weighted by Gasteiger charge is 2.31. The zero-order chi connectivity index (χ0) is 33.6. The van der Waals surface area contributed by atoms with Crippen LogP contribution in [0.3, 0.4) is 0 Å². The van der Waals surface area contributed by atoms with Gasteiger partial charge in [-0.25, -0.2) is 4.79 Å². The maximum Gasteiger partial charge on any atom is 0.317 e. The molecule has 4 amide bonds. The molecular weight excluding hydrogens is 586 g/mol. The molecule has 0 unspecified atom stereocenters. The number of nitrogens with zero attached hydrogens (tertiary/aromatic N) is 3. The third-order valence-electron chi connectivity index (χ3n) is 9.08. The molecule has 0 spiro atoms. The minimum atomic E-state index is -0.481. The minimum absolute atomic E-state index is 0.102. The molecule has 46 heavy (non-hydrogen) atoms. The Kier molecular flexibility index (Phi) is 15.6. The number of amides is 4. The van der Waals surface area contributed by atoms with E-state index in [2.05, 4.69) is 10.6 Å². The van der Waals surface area contributed by atoms with Crippen molar-refractivity contribution in [1.82, 2.24) is 20.0 Å². The van der Waals surface area contributed by atoms with Crippen LogP contribution in [-0.4, -0.2) is 116 Å². The molecule has 3 N–H and O–H groups in total. The smallest absolute Gasteiger partial charge is 0.317 e. The van der Waals surface area contributed by atoms with Gasteiger partial charge in [0, 0.05) is 50.8 Å². The fourth-order valence-corrected chi connectivity index (χ4v) is 6.13. The summed E-state index contributed by atoms with van der Waals surface area (Å²) in [6.45, 7) is 7.64. The van der Waals surface area contributed by atoms with E-state index in [9.17, 15) is 19.5 Å². The van der Waals surface area contributed by atoms with Crippen molar-refractivity contribution in [1.29, 1.82) is 0 Å². The third kappa shape index (κ3) is 12.0. The topological polar surface area (TPSA) is 124 Å². The van der Waals surface area contributed by atoms with Gasteiger partial charge in [-0.05, 0) is 91.2 Å². The molecule has 0 saturated heterocycles. The number of ether oxygens (including phenoxy) is 2. The van der Waals surface area contributed by atoms with Crippen LogP contribution in [0.15, 0.2) is 18.2 Å². The number of aliphatic hydroxyl groups is 1. The number of anilines is 1. The van der Waals surface area contributed by atoms with Crippen LogP contribution in [0.25, 0.3) is 0 Å². The lowest BCUT2D eigenvalue weighted by atomic mass is 9.96. The lowest BCUT2D eigenvalue weighted by Crippen LogP contribution is -2.50. The standard InChI is InChI=1S/C35H59N5O6/c1-25-22-40(26(2)24-41)34(43)30-21-29(36-33(42)16-12-19-38(4)5)17-18-31(30)46-27(3)13-10-11-20-45-32(25)23-39(6)35(44)37-28-14-8-7-9-15-28/h17-18,21,25-28,32,41H,7-16,19-20,22-24H2,1-6H3,(H,36,42)(H,37,44)/t25-,26-,27+,32-/m1/s1. The molecule has 1 aliphatic carbocycles. The number of hydrogen-bond acceptors (Lipinski definition) is 7. The predicted molar refractivity (Wildman–Crippen MR) is 181 cm³/mol. The van der Waals surface area contributed by atoms with Gasteiger partial charge in [0.2, 0.25) is 5.91 Å². The maximum absolute atomic E-state index is 14.3. The van der Waals surface area contributed by atoms with Crippen LogP contribution in [0.5, 0.6) is 5.75 Å². The number of hydrogen-bond donors (Lipinski definition) is 3. The third-order valence-corrected chi connectivity index (χ3v) is 9.08. The van der Waals surface area contributed by atoms with E-state index in [0.29, 0.717) is 43.1 Å². The number of carbonyl (C=O) groups excluding carboxylic acids is 3. The van der Waals surface area contributed by atoms with Gasteiger partial charge in [0.25, 0.3) is 5.91 Å². The molecule has 2 aliphatic rings. The van der Waals surface area contributed by atoms with Gasteiger partial charge in [-0.1, -0.05) is 26.2 Å². The second-order valence-corrected chi connectivity index (χ2v) is 13.6. The van der Waals surface area contributed by atoms with Gasteiger partial charge in [-0.2, -0.15) is 0 Å². The molecule has 1 heterocycles. The number of fused-ring (bicyclic) bond motifs is 1. The zero-order valence-electron chi connectivity index (χ0n) is 29.1. The van der Waals surface area contributed by atoms with Crippen molar-refractivity contribution in [3.8, 4) is 5.75 Å². The van der Waals surface area contributed by atoms with Gasteiger partial charge < -0.3 is 39.9 Å². The van der Waals surface area contributed by atoms with Crippen molar-refractivity contribution in [2.24, 2.45) is 5.92 Å². The number of carbonyl (C=O) groups is 3. The summed E-state index contributed by atoms with van der Waals surface area (Å²) < 4.78 is 12.7. The van der Waals surface area contributed by atoms with E-state index in [1.165, 1.54) is 6.42 Å². The predicted octanol–water partition coefficient (Wildman–Crippen LogP) is 4.74. The Morgan fingerprint density at radius 1 is 1.07 bits per heavy atom. The average molecular weight is 646 g/mol. The summed E-state index contributed by atoms with van der Waals surface area (Å²) >= 11 is 0. The average Bonchev–Trinajstić information content (AvgIpc) is 3.02. The van der Waals surface area contributed by atoms with E-state index in [4.69, 9.17) is 9.47 Å². The van der Waals surface area contributed by atoms with E-state index in [1.54, 1.807) is 35.0 Å². The summed E-state index contributed by atoms with van der Waals surface area (Å²) in [5.74, 6) is -0.0997. The SMILES string of the molecule is C[C@@H]1CN([C@H](C)CO)C(=O)c2cc(NC(=O)CCCN(C)C)ccc2O[C@@H](C)CCCCO[C@@H]1CN(C)C(=O)NC1CCCCC1. The molecule has 1 aliphatic heterocycles. The maximum atomic E-state index is 14.3. The highest BCUT2D eigenvalue weighted by Crippen LogP contribution is 2.29. The Balaban J connectivity index is 1.84. The molecule has 260 valence electrons. The normalized spacial score (nSPS) is 22.7. The number of rotatable bonds is 10. The number of benzene rings is 1. The van der Waals surface area contributed by atoms with Crippen LogP contribution in [0, 0.1) is 5.92 Å². The fraction of sp³-hybridized carbons (Fsp3) is 0.743. The van der Waals surface area contributed by atoms with E-state index < -0.39 is 6.04 Å². The Bertz CT molecular complexity index is 1110. The van der Waals surface area contributed by atoms with Gasteiger partial charge in [0.05, 0.1) is 30.4 Å². The summed E-state index contributed by atoms with van der Waals surface area (Å²) in [5, 5.41) is 16.3. The Morgan fingerprint density at radius 2 is 1.78 bits per heavy atom. The van der Waals surface area contributed by atoms with Gasteiger partial charge in [-0.3, -0.25) is 9.59 Å². The lowest BCUT2D eigenvalue weighted by molar-refractivity contribution is -0.116. The molecule has 1 saturated carbocycles. The van der Waals surface area contributed by atoms with Crippen molar-refractivity contribution in [3.05, 3.63) is 23.8 Å². The first-order valence-corrected chi connectivity index (χ1v) is 17.3. The zero-order valence-corrected chi connectivity index (χ0v) is 29.1. The van der Waals surface area contributed by atoms with Gasteiger partial charge in [0.1, 0.15) is 5.75 Å². The van der Waals surface area contributed by atoms with E-state index in [1.807, 2.05) is 39.8 Å². The Labute approximate surface area is 276 Å². The highest BCUT2D eigenvalue weighted by atomic mass is 16.5. The molecule has 11 nitrogen and oxygen atoms in total. The van der Waals surface area contributed by atoms with Crippen molar-refractivity contribution < 1.29 is 29.0 Å². The number of likely N-dealkylation sites (N-methyl/N-ethyl adjacent to an activating group) is 1. The summed E-state index contributed by atoms with van der Waals surface area (Å²) in [7, 11) is 5.74. The first-order chi connectivity index (χ1) is 22.0. The van der Waals surface area contributed by atoms with Crippen LogP contribution >= 0.6 is 0 Å². The van der Waals surface area contributed by atoms with Crippen molar-refractivity contribution in [3.63, 3.8) is 0 Å². The Morgan fingerprint density at radius 3 is 2.48 bits per heavy atom. The second-order valence-electron chi connectivity index (χ2n) is 13.6. The lowest BCUT2D eigenvalue weighted by Gasteiger charge is -2.36. The van der Waals surface area contributed by atoms with Crippen LogP contribution in [0.1, 0.15) is 95.3 Å². The first kappa shape index (κ1) is 37.6. The molecule has 4 atom stereocenters. The summed E-state index contributed by atoms with van der Waals surface area (Å²) in [4.78, 5) is 45.5. The largest absolute Gasteiger partial charge is 0.490 e. The van der Waals surface area contributed by atoms with Crippen LogP contribution in [0.2, 0.25) is 0 Å². The van der Waals surface area contributed by atoms with Crippen molar-refractivity contribution in [2.75, 3.05) is 59.3 Å². The Hall–Kier alpha value is -2.89. The van der Waals surface area contributed by atoms with Crippen LogP contribution in [0.4, 0.5) is 10.5 Å². The molecule has 3 rings (SSSR count). The first-order valence-electron chi connectivity index (χ1n) is 17.3. The van der Waals surface area contributed by atoms with Crippen molar-refractivity contribution >= 4 is 23.5 Å². The quantitative estimate of drug-likeness (QED) is 0.336.